The van der Waals surface area contributed by atoms with E-state index in [1.165, 1.54) is 0 Å². The third kappa shape index (κ3) is 3.94. The Morgan fingerprint density at radius 3 is 3.03 bits per heavy atom. The molecule has 0 bridgehead atoms. The molecule has 4 rings (SSSR count). The number of aromatic nitrogens is 2. The fraction of sp³-hybridized carbons (Fsp3) is 0.375. The number of hydrogen-bond donors (Lipinski definition) is 1. The Kier molecular flexibility index (Phi) is 4.81. The van der Waals surface area contributed by atoms with Crippen molar-refractivity contribution in [1.29, 1.82) is 0 Å². The van der Waals surface area contributed by atoms with Gasteiger partial charge in [0.2, 0.25) is 11.5 Å². The molecule has 1 atom stereocenters. The summed E-state index contributed by atoms with van der Waals surface area (Å²) in [5.74, 6) is 0.957. The minimum Gasteiger partial charge on any atom is -0.502 e. The molecule has 1 aliphatic rings. The van der Waals surface area contributed by atoms with Crippen LogP contribution in [0.2, 0.25) is 0 Å². The van der Waals surface area contributed by atoms with Crippen LogP contribution in [0.15, 0.2) is 40.9 Å². The predicted molar refractivity (Wildman–Crippen MR) is 117 cm³/mol. The standard InChI is InChI=1S/C24H26N4O2/c1-5-13-26-20-11-10-17-18(20)7-6-8-19(17)23-27-24(30-28-23)16-9-12-22(29-15(2)3)21(14-16)25-4/h6-9,12,14-15,20,26H,5,10-11,13H2,1-3H3/t20-/m0/s1/i11D2,15D. The Morgan fingerprint density at radius 2 is 2.27 bits per heavy atom. The van der Waals surface area contributed by atoms with E-state index < -0.39 is 12.5 Å². The molecular weight excluding hydrogens is 376 g/mol. The van der Waals surface area contributed by atoms with Crippen LogP contribution < -0.4 is 10.1 Å². The number of benzene rings is 2. The zero-order chi connectivity index (χ0) is 23.8. The van der Waals surface area contributed by atoms with E-state index in [9.17, 15) is 0 Å². The van der Waals surface area contributed by atoms with E-state index in [-0.39, 0.29) is 24.0 Å². The van der Waals surface area contributed by atoms with Crippen LogP contribution in [0, 0.1) is 6.57 Å². The third-order valence-corrected chi connectivity index (χ3v) is 4.91. The van der Waals surface area contributed by atoms with Crippen molar-refractivity contribution < 1.29 is 13.4 Å². The van der Waals surface area contributed by atoms with Crippen LogP contribution in [0.25, 0.3) is 27.7 Å². The number of rotatable bonds is 7. The molecule has 6 nitrogen and oxygen atoms in total. The van der Waals surface area contributed by atoms with Crippen molar-refractivity contribution in [1.82, 2.24) is 15.5 Å². The van der Waals surface area contributed by atoms with Crippen LogP contribution in [0.1, 0.15) is 54.8 Å². The van der Waals surface area contributed by atoms with Gasteiger partial charge >= 0.3 is 0 Å². The Morgan fingerprint density at radius 1 is 1.40 bits per heavy atom. The van der Waals surface area contributed by atoms with Gasteiger partial charge in [-0.3, -0.25) is 0 Å². The lowest BCUT2D eigenvalue weighted by molar-refractivity contribution is 0.244. The summed E-state index contributed by atoms with van der Waals surface area (Å²) in [4.78, 5) is 8.05. The van der Waals surface area contributed by atoms with Crippen LogP contribution in [0.5, 0.6) is 5.75 Å². The highest BCUT2D eigenvalue weighted by atomic mass is 16.5. The lowest BCUT2D eigenvalue weighted by Crippen LogP contribution is -2.19. The molecule has 1 aliphatic carbocycles. The van der Waals surface area contributed by atoms with E-state index in [4.69, 9.17) is 19.9 Å². The minimum atomic E-state index is -1.41. The maximum Gasteiger partial charge on any atom is 0.256 e. The highest BCUT2D eigenvalue weighted by Gasteiger charge is 2.26. The van der Waals surface area contributed by atoms with Gasteiger partial charge in [0.1, 0.15) is 5.75 Å². The van der Waals surface area contributed by atoms with Gasteiger partial charge in [-0.2, -0.15) is 4.98 Å². The Labute approximate surface area is 181 Å². The monoisotopic (exact) mass is 405 g/mol. The summed E-state index contributed by atoms with van der Waals surface area (Å²) in [6, 6.07) is 10.3. The SMILES string of the molecule is [2H]C(C)(C)Oc1ccc(-c2nc(-c3cccc4c3CC([2H])([2H])[C@@H]4NCCC)no2)cc1[N+]#[C-]. The molecule has 0 fully saturated rings. The molecule has 30 heavy (non-hydrogen) atoms. The van der Waals surface area contributed by atoms with E-state index in [1.54, 1.807) is 32.0 Å². The number of nitrogens with one attached hydrogen (secondary N) is 1. The summed E-state index contributed by atoms with van der Waals surface area (Å²) in [5, 5.41) is 7.47. The molecule has 3 aromatic rings. The van der Waals surface area contributed by atoms with Gasteiger partial charge in [-0.25, -0.2) is 4.85 Å². The summed E-state index contributed by atoms with van der Waals surface area (Å²) in [5.41, 5.74) is 3.37. The van der Waals surface area contributed by atoms with Crippen molar-refractivity contribution in [2.75, 3.05) is 6.54 Å². The molecule has 0 saturated heterocycles. The first kappa shape index (κ1) is 16.6. The molecule has 0 amide bonds. The van der Waals surface area contributed by atoms with Gasteiger partial charge < -0.3 is 14.6 Å². The fourth-order valence-corrected chi connectivity index (χ4v) is 3.56. The van der Waals surface area contributed by atoms with Crippen LogP contribution in [-0.4, -0.2) is 22.8 Å². The Bertz CT molecular complexity index is 1210. The summed E-state index contributed by atoms with van der Waals surface area (Å²) < 4.78 is 36.0. The maximum absolute atomic E-state index is 8.52. The topological polar surface area (TPSA) is 64.5 Å². The second-order valence-corrected chi connectivity index (χ2v) is 7.37. The van der Waals surface area contributed by atoms with E-state index in [2.05, 4.69) is 27.2 Å². The second kappa shape index (κ2) is 8.68. The van der Waals surface area contributed by atoms with Gasteiger partial charge in [-0.1, -0.05) is 30.3 Å². The van der Waals surface area contributed by atoms with Crippen LogP contribution in [0.3, 0.4) is 0 Å². The lowest BCUT2D eigenvalue weighted by Gasteiger charge is -2.13. The largest absolute Gasteiger partial charge is 0.502 e. The second-order valence-electron chi connectivity index (χ2n) is 7.37. The van der Waals surface area contributed by atoms with E-state index >= 15 is 0 Å². The third-order valence-electron chi connectivity index (χ3n) is 4.91. The molecule has 0 unspecified atom stereocenters. The van der Waals surface area contributed by atoms with E-state index in [0.717, 1.165) is 29.7 Å². The maximum atomic E-state index is 8.52. The van der Waals surface area contributed by atoms with Crippen molar-refractivity contribution in [3.05, 3.63) is 58.9 Å². The first-order valence-corrected chi connectivity index (χ1v) is 10.0. The quantitative estimate of drug-likeness (QED) is 0.509. The smallest absolute Gasteiger partial charge is 0.256 e. The first-order valence-electron chi connectivity index (χ1n) is 11.5. The molecule has 2 aromatic carbocycles. The summed E-state index contributed by atoms with van der Waals surface area (Å²) in [6.45, 7) is 13.4. The number of fused-ring (bicyclic) bond motifs is 1. The van der Waals surface area contributed by atoms with Gasteiger partial charge in [0.05, 0.1) is 14.0 Å². The first-order chi connectivity index (χ1) is 15.6. The molecule has 1 heterocycles. The van der Waals surface area contributed by atoms with Crippen LogP contribution >= 0.6 is 0 Å². The van der Waals surface area contributed by atoms with Gasteiger partial charge in [0, 0.05) is 19.9 Å². The summed E-state index contributed by atoms with van der Waals surface area (Å²) in [6.07, 6.45) is -1.39. The Hall–Kier alpha value is -3.17. The van der Waals surface area contributed by atoms with Crippen molar-refractivity contribution in [2.45, 2.75) is 52.1 Å². The molecule has 0 spiro atoms. The van der Waals surface area contributed by atoms with Gasteiger partial charge in [0.25, 0.3) is 5.89 Å². The number of nitrogens with zero attached hydrogens (tertiary/aromatic N) is 3. The van der Waals surface area contributed by atoms with E-state index in [0.29, 0.717) is 17.1 Å². The molecule has 0 aliphatic heterocycles. The van der Waals surface area contributed by atoms with Gasteiger partial charge in [0.15, 0.2) is 0 Å². The van der Waals surface area contributed by atoms with Crippen LogP contribution in [0.4, 0.5) is 5.69 Å². The molecule has 6 heteroatoms. The fourth-order valence-electron chi connectivity index (χ4n) is 3.56. The predicted octanol–water partition coefficient (Wildman–Crippen LogP) is 5.73. The lowest BCUT2D eigenvalue weighted by atomic mass is 10.0. The number of hydrogen-bond acceptors (Lipinski definition) is 5. The average Bonchev–Trinajstić information content (AvgIpc) is 3.33. The van der Waals surface area contributed by atoms with Crippen molar-refractivity contribution >= 4 is 5.69 Å². The minimum absolute atomic E-state index is 0.255. The Balaban J connectivity index is 1.67. The molecule has 0 radical (unpaired) electrons. The van der Waals surface area contributed by atoms with Crippen molar-refractivity contribution in [2.24, 2.45) is 0 Å². The van der Waals surface area contributed by atoms with Gasteiger partial charge in [-0.15, -0.1) is 0 Å². The molecular formula is C24H26N4O2. The van der Waals surface area contributed by atoms with E-state index in [1.807, 2.05) is 18.2 Å². The number of ether oxygens (including phenoxy) is 1. The molecule has 0 saturated carbocycles. The molecule has 154 valence electrons. The van der Waals surface area contributed by atoms with Crippen molar-refractivity contribution in [3.63, 3.8) is 0 Å². The normalized spacial score (nSPS) is 18.7. The van der Waals surface area contributed by atoms with Crippen LogP contribution in [-0.2, 0) is 6.42 Å². The molecule has 1 aromatic heterocycles. The van der Waals surface area contributed by atoms with Crippen molar-refractivity contribution in [3.8, 4) is 28.6 Å². The highest BCUT2D eigenvalue weighted by Crippen LogP contribution is 2.38. The summed E-state index contributed by atoms with van der Waals surface area (Å²) >= 11 is 0. The molecule has 1 N–H and O–H groups in total. The summed E-state index contributed by atoms with van der Waals surface area (Å²) in [7, 11) is 0. The highest BCUT2D eigenvalue weighted by molar-refractivity contribution is 5.70. The zero-order valence-electron chi connectivity index (χ0n) is 20.3. The zero-order valence-corrected chi connectivity index (χ0v) is 17.3. The average molecular weight is 406 g/mol. The van der Waals surface area contributed by atoms with Gasteiger partial charge in [-0.05, 0) is 68.9 Å².